The van der Waals surface area contributed by atoms with Crippen LogP contribution in [-0.4, -0.2) is 25.7 Å². The standard InChI is InChI=1S/C13H28N2/c1-4-14-10-12(2)15-11-13(3)8-6-5-7-9-13/h12,14-15H,4-11H2,1-3H3. The summed E-state index contributed by atoms with van der Waals surface area (Å²) in [7, 11) is 0. The van der Waals surface area contributed by atoms with Crippen molar-refractivity contribution in [2.45, 2.75) is 58.9 Å². The van der Waals surface area contributed by atoms with Crippen molar-refractivity contribution in [2.75, 3.05) is 19.6 Å². The summed E-state index contributed by atoms with van der Waals surface area (Å²) in [6.45, 7) is 10.2. The number of hydrogen-bond donors (Lipinski definition) is 2. The maximum atomic E-state index is 3.67. The van der Waals surface area contributed by atoms with Crippen molar-refractivity contribution < 1.29 is 0 Å². The topological polar surface area (TPSA) is 24.1 Å². The summed E-state index contributed by atoms with van der Waals surface area (Å²) in [6.07, 6.45) is 7.13. The van der Waals surface area contributed by atoms with E-state index in [0.717, 1.165) is 13.1 Å². The van der Waals surface area contributed by atoms with Crippen LogP contribution in [0.4, 0.5) is 0 Å². The number of rotatable bonds is 6. The van der Waals surface area contributed by atoms with Gasteiger partial charge in [0.05, 0.1) is 0 Å². The van der Waals surface area contributed by atoms with Gasteiger partial charge in [0.2, 0.25) is 0 Å². The van der Waals surface area contributed by atoms with E-state index in [1.165, 1.54) is 38.6 Å². The Bertz CT molecular complexity index is 162. The first-order valence-electron chi connectivity index (χ1n) is 6.60. The van der Waals surface area contributed by atoms with Gasteiger partial charge in [0.25, 0.3) is 0 Å². The quantitative estimate of drug-likeness (QED) is 0.707. The number of nitrogens with one attached hydrogen (secondary N) is 2. The minimum absolute atomic E-state index is 0.568. The molecule has 0 heterocycles. The van der Waals surface area contributed by atoms with Crippen molar-refractivity contribution in [3.05, 3.63) is 0 Å². The maximum Gasteiger partial charge on any atom is 0.0164 e. The third-order valence-electron chi connectivity index (χ3n) is 3.64. The van der Waals surface area contributed by atoms with E-state index in [0.29, 0.717) is 11.5 Å². The lowest BCUT2D eigenvalue weighted by Crippen LogP contribution is -2.42. The zero-order chi connectivity index (χ0) is 11.1. The fourth-order valence-electron chi connectivity index (χ4n) is 2.44. The highest BCUT2D eigenvalue weighted by molar-refractivity contribution is 4.81. The average Bonchev–Trinajstić information content (AvgIpc) is 2.25. The maximum absolute atomic E-state index is 3.67. The normalized spacial score (nSPS) is 22.6. The molecule has 0 bridgehead atoms. The van der Waals surface area contributed by atoms with Gasteiger partial charge in [-0.1, -0.05) is 33.1 Å². The molecule has 1 fully saturated rings. The molecular formula is C13H28N2. The van der Waals surface area contributed by atoms with E-state index in [-0.39, 0.29) is 0 Å². The van der Waals surface area contributed by atoms with Gasteiger partial charge in [-0.05, 0) is 31.7 Å². The second-order valence-corrected chi connectivity index (χ2v) is 5.46. The first kappa shape index (κ1) is 13.0. The third-order valence-corrected chi connectivity index (χ3v) is 3.64. The highest BCUT2D eigenvalue weighted by Gasteiger charge is 2.26. The monoisotopic (exact) mass is 212 g/mol. The molecule has 15 heavy (non-hydrogen) atoms. The molecule has 1 saturated carbocycles. The molecule has 1 rings (SSSR count). The van der Waals surface area contributed by atoms with E-state index in [9.17, 15) is 0 Å². The Hall–Kier alpha value is -0.0800. The average molecular weight is 212 g/mol. The van der Waals surface area contributed by atoms with Crippen LogP contribution in [0.3, 0.4) is 0 Å². The Morgan fingerprint density at radius 2 is 1.87 bits per heavy atom. The lowest BCUT2D eigenvalue weighted by molar-refractivity contribution is 0.201. The molecular weight excluding hydrogens is 184 g/mol. The largest absolute Gasteiger partial charge is 0.315 e. The van der Waals surface area contributed by atoms with Gasteiger partial charge < -0.3 is 10.6 Å². The van der Waals surface area contributed by atoms with Crippen LogP contribution < -0.4 is 10.6 Å². The van der Waals surface area contributed by atoms with Crippen LogP contribution in [0.5, 0.6) is 0 Å². The Balaban J connectivity index is 2.16. The molecule has 2 heteroatoms. The van der Waals surface area contributed by atoms with Gasteiger partial charge in [-0.2, -0.15) is 0 Å². The molecule has 0 aromatic heterocycles. The van der Waals surface area contributed by atoms with Gasteiger partial charge in [0, 0.05) is 19.1 Å². The SMILES string of the molecule is CCNCC(C)NCC1(C)CCCCC1. The van der Waals surface area contributed by atoms with Gasteiger partial charge in [-0.25, -0.2) is 0 Å². The van der Waals surface area contributed by atoms with Gasteiger partial charge in [-0.15, -0.1) is 0 Å². The van der Waals surface area contributed by atoms with Crippen LogP contribution >= 0.6 is 0 Å². The van der Waals surface area contributed by atoms with Crippen LogP contribution in [0, 0.1) is 5.41 Å². The van der Waals surface area contributed by atoms with Crippen LogP contribution in [0.25, 0.3) is 0 Å². The lowest BCUT2D eigenvalue weighted by atomic mass is 9.75. The highest BCUT2D eigenvalue weighted by atomic mass is 15.0. The molecule has 0 spiro atoms. The molecule has 1 unspecified atom stereocenters. The van der Waals surface area contributed by atoms with Gasteiger partial charge in [-0.3, -0.25) is 0 Å². The van der Waals surface area contributed by atoms with E-state index in [4.69, 9.17) is 0 Å². The van der Waals surface area contributed by atoms with E-state index in [1.54, 1.807) is 0 Å². The fourth-order valence-corrected chi connectivity index (χ4v) is 2.44. The van der Waals surface area contributed by atoms with Crippen molar-refractivity contribution in [1.29, 1.82) is 0 Å². The van der Waals surface area contributed by atoms with Crippen molar-refractivity contribution >= 4 is 0 Å². The Morgan fingerprint density at radius 3 is 2.47 bits per heavy atom. The molecule has 0 amide bonds. The second kappa shape index (κ2) is 6.49. The van der Waals surface area contributed by atoms with Crippen molar-refractivity contribution in [3.8, 4) is 0 Å². The summed E-state index contributed by atoms with van der Waals surface area (Å²) in [5.74, 6) is 0. The molecule has 1 aliphatic carbocycles. The van der Waals surface area contributed by atoms with E-state index >= 15 is 0 Å². The predicted molar refractivity (Wildman–Crippen MR) is 67.2 cm³/mol. The lowest BCUT2D eigenvalue weighted by Gasteiger charge is -2.35. The number of hydrogen-bond acceptors (Lipinski definition) is 2. The highest BCUT2D eigenvalue weighted by Crippen LogP contribution is 2.34. The summed E-state index contributed by atoms with van der Waals surface area (Å²) in [4.78, 5) is 0. The Morgan fingerprint density at radius 1 is 1.20 bits per heavy atom. The first-order chi connectivity index (χ1) is 7.16. The van der Waals surface area contributed by atoms with Gasteiger partial charge >= 0.3 is 0 Å². The zero-order valence-electron chi connectivity index (χ0n) is 10.7. The van der Waals surface area contributed by atoms with E-state index in [2.05, 4.69) is 31.4 Å². The smallest absolute Gasteiger partial charge is 0.0164 e. The summed E-state index contributed by atoms with van der Waals surface area (Å²) < 4.78 is 0. The van der Waals surface area contributed by atoms with Gasteiger partial charge in [0.15, 0.2) is 0 Å². The van der Waals surface area contributed by atoms with Crippen LogP contribution in [0.2, 0.25) is 0 Å². The molecule has 0 aliphatic heterocycles. The van der Waals surface area contributed by atoms with E-state index < -0.39 is 0 Å². The zero-order valence-corrected chi connectivity index (χ0v) is 10.7. The summed E-state index contributed by atoms with van der Waals surface area (Å²) in [5, 5.41) is 7.05. The van der Waals surface area contributed by atoms with E-state index in [1.807, 2.05) is 0 Å². The molecule has 0 aromatic carbocycles. The first-order valence-corrected chi connectivity index (χ1v) is 6.60. The fraction of sp³-hybridized carbons (Fsp3) is 1.00. The summed E-state index contributed by atoms with van der Waals surface area (Å²) >= 11 is 0. The van der Waals surface area contributed by atoms with Crippen LogP contribution in [-0.2, 0) is 0 Å². The molecule has 0 aromatic rings. The molecule has 1 aliphatic rings. The number of likely N-dealkylation sites (N-methyl/N-ethyl adjacent to an activating group) is 1. The molecule has 90 valence electrons. The molecule has 2 N–H and O–H groups in total. The minimum atomic E-state index is 0.568. The Labute approximate surface area is 95.2 Å². The molecule has 0 saturated heterocycles. The molecule has 1 atom stereocenters. The Kier molecular flexibility index (Phi) is 5.62. The predicted octanol–water partition coefficient (Wildman–Crippen LogP) is 2.54. The van der Waals surface area contributed by atoms with Gasteiger partial charge in [0.1, 0.15) is 0 Å². The summed E-state index contributed by atoms with van der Waals surface area (Å²) in [5.41, 5.74) is 0.568. The van der Waals surface area contributed by atoms with Crippen molar-refractivity contribution in [3.63, 3.8) is 0 Å². The second-order valence-electron chi connectivity index (χ2n) is 5.46. The van der Waals surface area contributed by atoms with Crippen molar-refractivity contribution in [2.24, 2.45) is 5.41 Å². The molecule has 0 radical (unpaired) electrons. The molecule has 2 nitrogen and oxygen atoms in total. The van der Waals surface area contributed by atoms with Crippen molar-refractivity contribution in [1.82, 2.24) is 10.6 Å². The summed E-state index contributed by atoms with van der Waals surface area (Å²) in [6, 6.07) is 0.601. The minimum Gasteiger partial charge on any atom is -0.315 e. The van der Waals surface area contributed by atoms with Crippen LogP contribution in [0.15, 0.2) is 0 Å². The van der Waals surface area contributed by atoms with Crippen LogP contribution in [0.1, 0.15) is 52.9 Å². The third kappa shape index (κ3) is 4.98.